The molecule has 2 rings (SSSR count). The molecule has 0 radical (unpaired) electrons. The summed E-state index contributed by atoms with van der Waals surface area (Å²) in [4.78, 5) is 12.9. The molecule has 2 N–H and O–H groups in total. The Kier molecular flexibility index (Phi) is 4.30. The van der Waals surface area contributed by atoms with Crippen LogP contribution >= 0.6 is 0 Å². The van der Waals surface area contributed by atoms with E-state index in [2.05, 4.69) is 5.32 Å². The van der Waals surface area contributed by atoms with Crippen LogP contribution in [0.3, 0.4) is 0 Å². The van der Waals surface area contributed by atoms with E-state index in [0.29, 0.717) is 19.4 Å². The number of carboxylic acids is 1. The quantitative estimate of drug-likeness (QED) is 0.787. The van der Waals surface area contributed by atoms with Crippen molar-refractivity contribution in [2.75, 3.05) is 13.1 Å². The van der Waals surface area contributed by atoms with Crippen molar-refractivity contribution in [3.05, 3.63) is 0 Å². The molecule has 4 nitrogen and oxygen atoms in total. The number of alkyl halides is 3. The molecule has 0 spiro atoms. The predicted octanol–water partition coefficient (Wildman–Crippen LogP) is 2.00. The third kappa shape index (κ3) is 3.44. The number of hydrogen-bond donors (Lipinski definition) is 2. The number of halogens is 3. The lowest BCUT2D eigenvalue weighted by Gasteiger charge is -2.31. The van der Waals surface area contributed by atoms with Gasteiger partial charge in [-0.3, -0.25) is 9.69 Å². The van der Waals surface area contributed by atoms with Gasteiger partial charge in [-0.1, -0.05) is 6.92 Å². The molecule has 2 saturated carbocycles. The number of aliphatic carboxylic acids is 1. The molecule has 2 atom stereocenters. The summed E-state index contributed by atoms with van der Waals surface area (Å²) in [6, 6.07) is -0.313. The number of likely N-dealkylation sites (N-methyl/N-ethyl adjacent to an activating group) is 1. The first-order valence-corrected chi connectivity index (χ1v) is 7.08. The number of rotatable bonds is 6. The number of carbonyl (C=O) groups is 1. The monoisotopic (exact) mass is 294 g/mol. The molecular weight excluding hydrogens is 273 g/mol. The highest BCUT2D eigenvalue weighted by atomic mass is 19.4. The van der Waals surface area contributed by atoms with Crippen LogP contribution in [0.5, 0.6) is 0 Å². The molecular formula is C13H21F3N2O2. The Hall–Kier alpha value is -0.820. The summed E-state index contributed by atoms with van der Waals surface area (Å²) in [6.45, 7) is 1.39. The van der Waals surface area contributed by atoms with Gasteiger partial charge >= 0.3 is 12.1 Å². The molecule has 20 heavy (non-hydrogen) atoms. The molecule has 2 aliphatic carbocycles. The lowest BCUT2D eigenvalue weighted by Crippen LogP contribution is -2.52. The first-order chi connectivity index (χ1) is 9.27. The first-order valence-electron chi connectivity index (χ1n) is 7.08. The van der Waals surface area contributed by atoms with Crippen molar-refractivity contribution in [1.82, 2.24) is 10.2 Å². The van der Waals surface area contributed by atoms with Crippen molar-refractivity contribution in [3.63, 3.8) is 0 Å². The fraction of sp³-hybridized carbons (Fsp3) is 0.923. The van der Waals surface area contributed by atoms with Crippen LogP contribution in [0.2, 0.25) is 0 Å². The minimum Gasteiger partial charge on any atom is -0.480 e. The Bertz CT molecular complexity index is 371. The van der Waals surface area contributed by atoms with Crippen molar-refractivity contribution in [2.24, 2.45) is 0 Å². The zero-order valence-corrected chi connectivity index (χ0v) is 11.5. The molecule has 0 amide bonds. The maximum Gasteiger partial charge on any atom is 0.401 e. The fourth-order valence-corrected chi connectivity index (χ4v) is 3.24. The molecule has 0 aromatic carbocycles. The van der Waals surface area contributed by atoms with Gasteiger partial charge in [-0.25, -0.2) is 0 Å². The SMILES string of the molecule is CCNC1(C(=O)O)CCC(N(CC(F)(F)F)C2CC2)C1. The predicted molar refractivity (Wildman–Crippen MR) is 67.5 cm³/mol. The lowest BCUT2D eigenvalue weighted by atomic mass is 9.97. The molecule has 0 aliphatic heterocycles. The van der Waals surface area contributed by atoms with E-state index in [1.807, 2.05) is 6.92 Å². The van der Waals surface area contributed by atoms with Gasteiger partial charge in [0.05, 0.1) is 6.54 Å². The molecule has 0 aromatic rings. The molecule has 2 aliphatic rings. The second-order valence-corrected chi connectivity index (χ2v) is 5.83. The van der Waals surface area contributed by atoms with E-state index >= 15 is 0 Å². The van der Waals surface area contributed by atoms with Crippen LogP contribution in [0.1, 0.15) is 39.0 Å². The van der Waals surface area contributed by atoms with Crippen LogP contribution in [0.25, 0.3) is 0 Å². The van der Waals surface area contributed by atoms with E-state index in [4.69, 9.17) is 0 Å². The van der Waals surface area contributed by atoms with Gasteiger partial charge in [0.2, 0.25) is 0 Å². The average Bonchev–Trinajstić information content (AvgIpc) is 3.07. The average molecular weight is 294 g/mol. The smallest absolute Gasteiger partial charge is 0.401 e. The summed E-state index contributed by atoms with van der Waals surface area (Å²) < 4.78 is 38.0. The van der Waals surface area contributed by atoms with E-state index in [1.165, 1.54) is 4.90 Å². The Morgan fingerprint density at radius 1 is 1.35 bits per heavy atom. The largest absolute Gasteiger partial charge is 0.480 e. The van der Waals surface area contributed by atoms with E-state index in [1.54, 1.807) is 0 Å². The Morgan fingerprint density at radius 2 is 2.00 bits per heavy atom. The van der Waals surface area contributed by atoms with Crippen LogP contribution < -0.4 is 5.32 Å². The van der Waals surface area contributed by atoms with Crippen LogP contribution in [-0.2, 0) is 4.79 Å². The summed E-state index contributed by atoms with van der Waals surface area (Å²) in [5, 5.41) is 12.3. The van der Waals surface area contributed by atoms with Crippen molar-refractivity contribution in [3.8, 4) is 0 Å². The van der Waals surface area contributed by atoms with Crippen molar-refractivity contribution >= 4 is 5.97 Å². The van der Waals surface area contributed by atoms with Gasteiger partial charge in [0.15, 0.2) is 0 Å². The van der Waals surface area contributed by atoms with Gasteiger partial charge in [0.25, 0.3) is 0 Å². The van der Waals surface area contributed by atoms with Gasteiger partial charge in [-0.15, -0.1) is 0 Å². The Balaban J connectivity index is 2.07. The van der Waals surface area contributed by atoms with E-state index < -0.39 is 24.2 Å². The molecule has 116 valence electrons. The highest BCUT2D eigenvalue weighted by molar-refractivity contribution is 5.79. The molecule has 0 bridgehead atoms. The summed E-state index contributed by atoms with van der Waals surface area (Å²) in [6.07, 6.45) is -1.51. The van der Waals surface area contributed by atoms with E-state index in [9.17, 15) is 23.1 Å². The van der Waals surface area contributed by atoms with Crippen LogP contribution in [0, 0.1) is 0 Å². The molecule has 0 saturated heterocycles. The third-order valence-electron chi connectivity index (χ3n) is 4.26. The second kappa shape index (κ2) is 5.52. The van der Waals surface area contributed by atoms with Crippen molar-refractivity contribution < 1.29 is 23.1 Å². The topological polar surface area (TPSA) is 52.6 Å². The molecule has 2 unspecified atom stereocenters. The molecule has 2 fully saturated rings. The van der Waals surface area contributed by atoms with Crippen LogP contribution in [-0.4, -0.2) is 52.9 Å². The number of nitrogens with zero attached hydrogens (tertiary/aromatic N) is 1. The summed E-state index contributed by atoms with van der Waals surface area (Å²) >= 11 is 0. The van der Waals surface area contributed by atoms with Gasteiger partial charge in [0, 0.05) is 12.1 Å². The summed E-state index contributed by atoms with van der Waals surface area (Å²) in [5.41, 5.74) is -1.06. The van der Waals surface area contributed by atoms with Crippen LogP contribution in [0.15, 0.2) is 0 Å². The molecule has 0 heterocycles. The minimum absolute atomic E-state index is 0.0205. The second-order valence-electron chi connectivity index (χ2n) is 5.83. The molecule has 7 heteroatoms. The van der Waals surface area contributed by atoms with Gasteiger partial charge in [0.1, 0.15) is 5.54 Å². The number of hydrogen-bond acceptors (Lipinski definition) is 3. The van der Waals surface area contributed by atoms with Gasteiger partial charge in [-0.05, 0) is 38.6 Å². The standard InChI is InChI=1S/C13H21F3N2O2/c1-2-17-12(11(19)20)6-5-10(7-12)18(9-3-4-9)8-13(14,15)16/h9-10,17H,2-8H2,1H3,(H,19,20). The van der Waals surface area contributed by atoms with Crippen molar-refractivity contribution in [2.45, 2.75) is 62.8 Å². The zero-order chi connectivity index (χ0) is 15.0. The minimum atomic E-state index is -4.23. The van der Waals surface area contributed by atoms with Gasteiger partial charge in [-0.2, -0.15) is 13.2 Å². The van der Waals surface area contributed by atoms with E-state index in [-0.39, 0.29) is 18.5 Å². The van der Waals surface area contributed by atoms with Gasteiger partial charge < -0.3 is 10.4 Å². The fourth-order valence-electron chi connectivity index (χ4n) is 3.24. The van der Waals surface area contributed by atoms with Crippen LogP contribution in [0.4, 0.5) is 13.2 Å². The summed E-state index contributed by atoms with van der Waals surface area (Å²) in [7, 11) is 0. The van der Waals surface area contributed by atoms with E-state index in [0.717, 1.165) is 12.8 Å². The first kappa shape index (κ1) is 15.6. The summed E-state index contributed by atoms with van der Waals surface area (Å²) in [5.74, 6) is -0.954. The Labute approximate surface area is 116 Å². The van der Waals surface area contributed by atoms with Crippen molar-refractivity contribution in [1.29, 1.82) is 0 Å². The number of carboxylic acid groups (broad SMARTS) is 1. The lowest BCUT2D eigenvalue weighted by molar-refractivity contribution is -0.153. The number of nitrogens with one attached hydrogen (secondary N) is 1. The maximum absolute atomic E-state index is 12.7. The Morgan fingerprint density at radius 3 is 2.45 bits per heavy atom. The normalized spacial score (nSPS) is 30.9. The highest BCUT2D eigenvalue weighted by Crippen LogP contribution is 2.40. The highest BCUT2D eigenvalue weighted by Gasteiger charge is 2.50. The maximum atomic E-state index is 12.7. The molecule has 0 aromatic heterocycles. The third-order valence-corrected chi connectivity index (χ3v) is 4.26. The zero-order valence-electron chi connectivity index (χ0n) is 11.5.